The van der Waals surface area contributed by atoms with Crippen molar-refractivity contribution in [1.82, 2.24) is 15.1 Å². The largest absolute Gasteiger partial charge is 0.382 e. The van der Waals surface area contributed by atoms with E-state index in [2.05, 4.69) is 15.2 Å². The van der Waals surface area contributed by atoms with Crippen LogP contribution in [0.3, 0.4) is 0 Å². The summed E-state index contributed by atoms with van der Waals surface area (Å²) in [6, 6.07) is 0. The molecule has 1 amide bonds. The second kappa shape index (κ2) is 13.0. The number of ether oxygens (including phenoxy) is 3. The molecule has 1 N–H and O–H groups in total. The smallest absolute Gasteiger partial charge is 0.243 e. The first-order chi connectivity index (χ1) is 13.6. The molecule has 2 aliphatic rings. The average Bonchev–Trinajstić information content (AvgIpc) is 3.22. The standard InChI is InChI=1S/C20H38N4O4/c1-4-26-13-6-10-21-20(22-15-19(25)23(2)3)24-11-8-17(9-12-24)28-16-18-7-5-14-27-18/h17-18H,4-16H2,1-3H3,(H,21,22). The molecular formula is C20H38N4O4. The van der Waals surface area contributed by atoms with Crippen LogP contribution in [0.1, 0.15) is 39.0 Å². The summed E-state index contributed by atoms with van der Waals surface area (Å²) in [4.78, 5) is 20.3. The highest BCUT2D eigenvalue weighted by Gasteiger charge is 2.24. The number of piperidine rings is 1. The van der Waals surface area contributed by atoms with Crippen molar-refractivity contribution in [2.45, 2.75) is 51.2 Å². The van der Waals surface area contributed by atoms with E-state index in [9.17, 15) is 4.79 Å². The van der Waals surface area contributed by atoms with Crippen molar-refractivity contribution in [3.05, 3.63) is 0 Å². The van der Waals surface area contributed by atoms with Crippen LogP contribution < -0.4 is 5.32 Å². The van der Waals surface area contributed by atoms with E-state index in [4.69, 9.17) is 14.2 Å². The summed E-state index contributed by atoms with van der Waals surface area (Å²) >= 11 is 0. The lowest BCUT2D eigenvalue weighted by Gasteiger charge is -2.34. The van der Waals surface area contributed by atoms with Gasteiger partial charge in [-0.2, -0.15) is 0 Å². The van der Waals surface area contributed by atoms with Gasteiger partial charge in [0.2, 0.25) is 5.91 Å². The minimum absolute atomic E-state index is 0.00315. The Labute approximate surface area is 169 Å². The van der Waals surface area contributed by atoms with Gasteiger partial charge in [-0.1, -0.05) is 0 Å². The Bertz CT molecular complexity index is 473. The van der Waals surface area contributed by atoms with Gasteiger partial charge >= 0.3 is 0 Å². The molecule has 0 saturated carbocycles. The van der Waals surface area contributed by atoms with Crippen molar-refractivity contribution in [3.63, 3.8) is 0 Å². The van der Waals surface area contributed by atoms with Gasteiger partial charge < -0.3 is 29.3 Å². The van der Waals surface area contributed by atoms with Gasteiger partial charge in [0.25, 0.3) is 0 Å². The molecule has 162 valence electrons. The predicted octanol–water partition coefficient (Wildman–Crippen LogP) is 1.11. The molecule has 0 aromatic rings. The zero-order chi connectivity index (χ0) is 20.2. The molecule has 8 nitrogen and oxygen atoms in total. The summed E-state index contributed by atoms with van der Waals surface area (Å²) < 4.78 is 17.1. The number of carbonyl (C=O) groups excluding carboxylic acids is 1. The number of nitrogens with one attached hydrogen (secondary N) is 1. The fourth-order valence-electron chi connectivity index (χ4n) is 3.32. The first-order valence-electron chi connectivity index (χ1n) is 10.6. The highest BCUT2D eigenvalue weighted by Crippen LogP contribution is 2.17. The second-order valence-corrected chi connectivity index (χ2v) is 7.56. The maximum atomic E-state index is 11.9. The third-order valence-electron chi connectivity index (χ3n) is 5.10. The van der Waals surface area contributed by atoms with Crippen LogP contribution >= 0.6 is 0 Å². The number of aliphatic imine (C=N–C) groups is 1. The van der Waals surface area contributed by atoms with E-state index in [-0.39, 0.29) is 24.7 Å². The van der Waals surface area contributed by atoms with Gasteiger partial charge in [-0.25, -0.2) is 4.99 Å². The number of hydrogen-bond donors (Lipinski definition) is 1. The van der Waals surface area contributed by atoms with Crippen molar-refractivity contribution in [3.8, 4) is 0 Å². The first-order valence-corrected chi connectivity index (χ1v) is 10.6. The fraction of sp³-hybridized carbons (Fsp3) is 0.900. The molecule has 2 aliphatic heterocycles. The number of guanidine groups is 1. The lowest BCUT2D eigenvalue weighted by Crippen LogP contribution is -2.48. The average molecular weight is 399 g/mol. The van der Waals surface area contributed by atoms with Crippen LogP contribution in [0, 0.1) is 0 Å². The Morgan fingerprint density at radius 1 is 1.29 bits per heavy atom. The Kier molecular flexibility index (Phi) is 10.6. The van der Waals surface area contributed by atoms with Crippen molar-refractivity contribution in [1.29, 1.82) is 0 Å². The molecule has 28 heavy (non-hydrogen) atoms. The maximum Gasteiger partial charge on any atom is 0.243 e. The molecule has 0 spiro atoms. The van der Waals surface area contributed by atoms with Crippen molar-refractivity contribution >= 4 is 11.9 Å². The second-order valence-electron chi connectivity index (χ2n) is 7.56. The normalized spacial score (nSPS) is 21.2. The molecule has 2 fully saturated rings. The van der Waals surface area contributed by atoms with Gasteiger partial charge in [0.05, 0.1) is 18.8 Å². The van der Waals surface area contributed by atoms with Crippen molar-refractivity contribution in [2.75, 3.05) is 66.7 Å². The number of amides is 1. The van der Waals surface area contributed by atoms with Gasteiger partial charge in [0.15, 0.2) is 5.96 Å². The van der Waals surface area contributed by atoms with Crippen molar-refractivity contribution in [2.24, 2.45) is 4.99 Å². The molecule has 1 atom stereocenters. The molecule has 0 aliphatic carbocycles. The summed E-state index contributed by atoms with van der Waals surface area (Å²) in [5, 5.41) is 3.40. The van der Waals surface area contributed by atoms with Crippen LogP contribution in [-0.2, 0) is 19.0 Å². The zero-order valence-corrected chi connectivity index (χ0v) is 17.8. The third-order valence-corrected chi connectivity index (χ3v) is 5.10. The van der Waals surface area contributed by atoms with Gasteiger partial charge in [-0.15, -0.1) is 0 Å². The summed E-state index contributed by atoms with van der Waals surface area (Å²) in [5.41, 5.74) is 0. The maximum absolute atomic E-state index is 11.9. The topological polar surface area (TPSA) is 75.6 Å². The van der Waals surface area contributed by atoms with E-state index in [0.29, 0.717) is 6.61 Å². The van der Waals surface area contributed by atoms with Crippen LogP contribution in [0.5, 0.6) is 0 Å². The summed E-state index contributed by atoms with van der Waals surface area (Å²) in [6.07, 6.45) is 5.66. The number of hydrogen-bond acceptors (Lipinski definition) is 5. The van der Waals surface area contributed by atoms with Crippen LogP contribution in [0.25, 0.3) is 0 Å². The number of likely N-dealkylation sites (tertiary alicyclic amines) is 1. The molecule has 0 bridgehead atoms. The van der Waals surface area contributed by atoms with Crippen LogP contribution in [0.4, 0.5) is 0 Å². The van der Waals surface area contributed by atoms with Gasteiger partial charge in [0.1, 0.15) is 6.54 Å². The van der Waals surface area contributed by atoms with Crippen LogP contribution in [-0.4, -0.2) is 101 Å². The van der Waals surface area contributed by atoms with Crippen molar-refractivity contribution < 1.29 is 19.0 Å². The molecule has 2 rings (SSSR count). The summed E-state index contributed by atoms with van der Waals surface area (Å²) in [7, 11) is 3.51. The van der Waals surface area contributed by atoms with Gasteiger partial charge in [0, 0.05) is 53.6 Å². The monoisotopic (exact) mass is 398 g/mol. The minimum Gasteiger partial charge on any atom is -0.382 e. The lowest BCUT2D eigenvalue weighted by atomic mass is 10.1. The molecule has 0 aromatic carbocycles. The molecule has 1 unspecified atom stereocenters. The molecule has 0 aromatic heterocycles. The summed E-state index contributed by atoms with van der Waals surface area (Å²) in [6.45, 7) is 7.74. The highest BCUT2D eigenvalue weighted by atomic mass is 16.5. The van der Waals surface area contributed by atoms with E-state index in [1.54, 1.807) is 19.0 Å². The van der Waals surface area contributed by atoms with Crippen LogP contribution in [0.15, 0.2) is 4.99 Å². The summed E-state index contributed by atoms with van der Waals surface area (Å²) in [5.74, 6) is 0.813. The first kappa shape index (κ1) is 22.9. The van der Waals surface area contributed by atoms with E-state index < -0.39 is 0 Å². The van der Waals surface area contributed by atoms with E-state index in [1.807, 2.05) is 6.92 Å². The van der Waals surface area contributed by atoms with E-state index in [0.717, 1.165) is 77.5 Å². The van der Waals surface area contributed by atoms with Gasteiger partial charge in [-0.3, -0.25) is 4.79 Å². The lowest BCUT2D eigenvalue weighted by molar-refractivity contribution is -0.127. The Hall–Kier alpha value is -1.38. The SMILES string of the molecule is CCOCCCNC(=NCC(=O)N(C)C)N1CCC(OCC2CCCO2)CC1. The predicted molar refractivity (Wildman–Crippen MR) is 110 cm³/mol. The number of nitrogens with zero attached hydrogens (tertiary/aromatic N) is 3. The quantitative estimate of drug-likeness (QED) is 0.338. The molecule has 8 heteroatoms. The number of likely N-dealkylation sites (N-methyl/N-ethyl adjacent to an activating group) is 1. The highest BCUT2D eigenvalue weighted by molar-refractivity contribution is 5.84. The number of rotatable bonds is 10. The fourth-order valence-corrected chi connectivity index (χ4v) is 3.32. The molecule has 0 radical (unpaired) electrons. The van der Waals surface area contributed by atoms with Crippen LogP contribution in [0.2, 0.25) is 0 Å². The minimum atomic E-state index is 0.00315. The Morgan fingerprint density at radius 2 is 2.07 bits per heavy atom. The van der Waals surface area contributed by atoms with E-state index in [1.165, 1.54) is 0 Å². The number of carbonyl (C=O) groups is 1. The van der Waals surface area contributed by atoms with E-state index >= 15 is 0 Å². The molecule has 2 heterocycles. The molecular weight excluding hydrogens is 360 g/mol. The Morgan fingerprint density at radius 3 is 2.71 bits per heavy atom. The zero-order valence-electron chi connectivity index (χ0n) is 17.8. The van der Waals surface area contributed by atoms with Gasteiger partial charge in [-0.05, 0) is 39.0 Å². The Balaban J connectivity index is 1.78. The molecule has 2 saturated heterocycles. The third kappa shape index (κ3) is 8.32.